The van der Waals surface area contributed by atoms with Crippen molar-refractivity contribution in [3.63, 3.8) is 0 Å². The summed E-state index contributed by atoms with van der Waals surface area (Å²) in [5.41, 5.74) is -1.10. The highest BCUT2D eigenvalue weighted by atomic mass is 16.6. The molecule has 0 radical (unpaired) electrons. The Hall–Kier alpha value is -1.79. The van der Waals surface area contributed by atoms with E-state index in [9.17, 15) is 14.4 Å². The summed E-state index contributed by atoms with van der Waals surface area (Å²) >= 11 is 0. The molecule has 0 bridgehead atoms. The summed E-state index contributed by atoms with van der Waals surface area (Å²) in [7, 11) is 0. The molecule has 0 unspecified atom stereocenters. The number of carbonyl (C=O) groups excluding carboxylic acids is 3. The molecule has 0 aromatic carbocycles. The van der Waals surface area contributed by atoms with Crippen molar-refractivity contribution in [1.29, 1.82) is 0 Å². The molecule has 0 aromatic heterocycles. The quantitative estimate of drug-likeness (QED) is 0.738. The Morgan fingerprint density at radius 3 is 1.92 bits per heavy atom. The van der Waals surface area contributed by atoms with Gasteiger partial charge in [0.2, 0.25) is 11.8 Å². The molecule has 2 fully saturated rings. The molecule has 2 aliphatic rings. The predicted molar refractivity (Wildman–Crippen MR) is 93.9 cm³/mol. The fourth-order valence-electron chi connectivity index (χ4n) is 3.33. The second kappa shape index (κ2) is 8.54. The number of piperidine rings is 1. The Morgan fingerprint density at radius 1 is 0.960 bits per heavy atom. The Morgan fingerprint density at radius 2 is 1.44 bits per heavy atom. The number of nitrogens with one attached hydrogen (secondary N) is 2. The first-order valence-corrected chi connectivity index (χ1v) is 9.38. The van der Waals surface area contributed by atoms with Crippen molar-refractivity contribution in [2.75, 3.05) is 19.7 Å². The molecule has 2 rings (SSSR count). The van der Waals surface area contributed by atoms with E-state index in [2.05, 4.69) is 10.6 Å². The lowest BCUT2D eigenvalue weighted by molar-refractivity contribution is -0.142. The van der Waals surface area contributed by atoms with Gasteiger partial charge >= 0.3 is 6.09 Å². The third kappa shape index (κ3) is 5.09. The van der Waals surface area contributed by atoms with E-state index in [0.29, 0.717) is 32.5 Å². The number of hydrogen-bond acceptors (Lipinski definition) is 4. The van der Waals surface area contributed by atoms with Crippen LogP contribution in [0.3, 0.4) is 0 Å². The summed E-state index contributed by atoms with van der Waals surface area (Å²) in [5, 5.41) is 5.98. The molecule has 1 aliphatic heterocycles. The van der Waals surface area contributed by atoms with Crippen molar-refractivity contribution in [3.8, 4) is 0 Å². The molecule has 2 N–H and O–H groups in total. The first-order chi connectivity index (χ1) is 11.8. The van der Waals surface area contributed by atoms with Crippen LogP contribution in [0, 0.1) is 5.41 Å². The zero-order chi connectivity index (χ0) is 18.4. The van der Waals surface area contributed by atoms with Crippen molar-refractivity contribution in [3.05, 3.63) is 0 Å². The summed E-state index contributed by atoms with van der Waals surface area (Å²) in [5.74, 6) is -0.460. The third-order valence-electron chi connectivity index (χ3n) is 5.18. The van der Waals surface area contributed by atoms with Crippen LogP contribution in [0.15, 0.2) is 0 Å². The number of nitrogens with zero attached hydrogens (tertiary/aromatic N) is 1. The van der Waals surface area contributed by atoms with Crippen molar-refractivity contribution in [2.45, 2.75) is 71.4 Å². The minimum Gasteiger partial charge on any atom is -0.450 e. The van der Waals surface area contributed by atoms with E-state index >= 15 is 0 Å². The van der Waals surface area contributed by atoms with E-state index in [1.807, 2.05) is 0 Å². The van der Waals surface area contributed by atoms with Gasteiger partial charge in [0.1, 0.15) is 5.41 Å². The van der Waals surface area contributed by atoms with Crippen LogP contribution < -0.4 is 10.6 Å². The van der Waals surface area contributed by atoms with Gasteiger partial charge in [-0.05, 0) is 46.5 Å². The van der Waals surface area contributed by atoms with Crippen molar-refractivity contribution in [1.82, 2.24) is 15.5 Å². The average Bonchev–Trinajstić information content (AvgIpc) is 3.08. The van der Waals surface area contributed by atoms with E-state index in [-0.39, 0.29) is 30.0 Å². The number of carbonyl (C=O) groups is 3. The molecule has 1 saturated heterocycles. The smallest absolute Gasteiger partial charge is 0.409 e. The molecule has 1 aliphatic carbocycles. The molecule has 7 nitrogen and oxygen atoms in total. The molecule has 7 heteroatoms. The Labute approximate surface area is 149 Å². The topological polar surface area (TPSA) is 87.7 Å². The van der Waals surface area contributed by atoms with E-state index in [0.717, 1.165) is 25.7 Å². The van der Waals surface area contributed by atoms with Gasteiger partial charge in [0.25, 0.3) is 0 Å². The van der Waals surface area contributed by atoms with E-state index in [1.54, 1.807) is 25.7 Å². The Balaban J connectivity index is 1.80. The summed E-state index contributed by atoms with van der Waals surface area (Å²) in [6.07, 6.45) is 5.30. The van der Waals surface area contributed by atoms with Crippen LogP contribution in [0.1, 0.15) is 59.3 Å². The van der Waals surface area contributed by atoms with Gasteiger partial charge in [-0.1, -0.05) is 12.8 Å². The molecule has 142 valence electrons. The third-order valence-corrected chi connectivity index (χ3v) is 5.18. The van der Waals surface area contributed by atoms with Gasteiger partial charge in [0, 0.05) is 25.2 Å². The number of hydrogen-bond donors (Lipinski definition) is 2. The van der Waals surface area contributed by atoms with Crippen LogP contribution in [-0.4, -0.2) is 54.6 Å². The first kappa shape index (κ1) is 19.5. The molecular formula is C18H31N3O4. The number of amides is 3. The van der Waals surface area contributed by atoms with Gasteiger partial charge in [-0.15, -0.1) is 0 Å². The molecule has 0 spiro atoms. The Bertz CT molecular complexity index is 493. The van der Waals surface area contributed by atoms with Crippen LogP contribution in [0.5, 0.6) is 0 Å². The van der Waals surface area contributed by atoms with Crippen LogP contribution in [-0.2, 0) is 14.3 Å². The highest BCUT2D eigenvalue weighted by molar-refractivity contribution is 6.04. The van der Waals surface area contributed by atoms with E-state index in [4.69, 9.17) is 4.74 Å². The van der Waals surface area contributed by atoms with Crippen LogP contribution in [0.2, 0.25) is 0 Å². The Kier molecular flexibility index (Phi) is 6.67. The summed E-state index contributed by atoms with van der Waals surface area (Å²) in [4.78, 5) is 38.4. The second-order valence-electron chi connectivity index (χ2n) is 7.51. The summed E-state index contributed by atoms with van der Waals surface area (Å²) in [6, 6.07) is 0.184. The molecule has 1 saturated carbocycles. The highest BCUT2D eigenvalue weighted by Crippen LogP contribution is 2.22. The second-order valence-corrected chi connectivity index (χ2v) is 7.51. The van der Waals surface area contributed by atoms with Crippen LogP contribution in [0.4, 0.5) is 4.79 Å². The maximum absolute atomic E-state index is 12.6. The molecule has 25 heavy (non-hydrogen) atoms. The molecule has 3 amide bonds. The monoisotopic (exact) mass is 353 g/mol. The van der Waals surface area contributed by atoms with Gasteiger partial charge in [0.15, 0.2) is 0 Å². The largest absolute Gasteiger partial charge is 0.450 e. The van der Waals surface area contributed by atoms with Crippen molar-refractivity contribution in [2.24, 2.45) is 5.41 Å². The molecule has 1 heterocycles. The average molecular weight is 353 g/mol. The van der Waals surface area contributed by atoms with E-state index < -0.39 is 5.41 Å². The maximum atomic E-state index is 12.6. The highest BCUT2D eigenvalue weighted by Gasteiger charge is 2.38. The lowest BCUT2D eigenvalue weighted by Crippen LogP contribution is -2.54. The fourth-order valence-corrected chi connectivity index (χ4v) is 3.33. The van der Waals surface area contributed by atoms with Crippen molar-refractivity contribution < 1.29 is 19.1 Å². The molecule has 0 atom stereocenters. The number of rotatable bonds is 5. The van der Waals surface area contributed by atoms with Gasteiger partial charge < -0.3 is 20.3 Å². The zero-order valence-corrected chi connectivity index (χ0v) is 15.6. The number of ether oxygens (including phenoxy) is 1. The molecular weight excluding hydrogens is 322 g/mol. The SMILES string of the molecule is CCOC(=O)N1CCC(NC(=O)C(C)(C)C(=O)NC2CCCC2)CC1. The predicted octanol–water partition coefficient (Wildman–Crippen LogP) is 1.81. The number of likely N-dealkylation sites (tertiary alicyclic amines) is 1. The summed E-state index contributed by atoms with van der Waals surface area (Å²) < 4.78 is 4.99. The van der Waals surface area contributed by atoms with Crippen LogP contribution >= 0.6 is 0 Å². The van der Waals surface area contributed by atoms with Gasteiger partial charge in [-0.2, -0.15) is 0 Å². The standard InChI is InChI=1S/C18H31N3O4/c1-4-25-17(24)21-11-9-14(10-12-21)20-16(23)18(2,3)15(22)19-13-7-5-6-8-13/h13-14H,4-12H2,1-3H3,(H,19,22)(H,20,23). The van der Waals surface area contributed by atoms with Gasteiger partial charge in [0.05, 0.1) is 6.61 Å². The maximum Gasteiger partial charge on any atom is 0.409 e. The zero-order valence-electron chi connectivity index (χ0n) is 15.6. The minimum atomic E-state index is -1.10. The lowest BCUT2D eigenvalue weighted by atomic mass is 9.89. The lowest BCUT2D eigenvalue weighted by Gasteiger charge is -2.33. The fraction of sp³-hybridized carbons (Fsp3) is 0.833. The van der Waals surface area contributed by atoms with Gasteiger partial charge in [-0.3, -0.25) is 9.59 Å². The summed E-state index contributed by atoms with van der Waals surface area (Å²) in [6.45, 7) is 6.58. The normalized spacial score (nSPS) is 19.6. The van der Waals surface area contributed by atoms with Gasteiger partial charge in [-0.25, -0.2) is 4.79 Å². The van der Waals surface area contributed by atoms with Crippen LogP contribution in [0.25, 0.3) is 0 Å². The molecule has 0 aromatic rings. The van der Waals surface area contributed by atoms with E-state index in [1.165, 1.54) is 0 Å². The van der Waals surface area contributed by atoms with Crippen molar-refractivity contribution >= 4 is 17.9 Å². The minimum absolute atomic E-state index is 0.0169. The first-order valence-electron chi connectivity index (χ1n) is 9.38.